The SMILES string of the molecule is CN1CCC(OC(c2nc3ccccc3[nH]2)c2cc(Cl)cc(Cl)c2O)CC1.CN1CCC(OC(c2nc3ccccc3[nH]2)c2cccc(F)c2O)CC1. The summed E-state index contributed by atoms with van der Waals surface area (Å²) in [6, 6.07) is 23.2. The third-order valence-corrected chi connectivity index (χ3v) is 10.4. The number of piperidine rings is 2. The van der Waals surface area contributed by atoms with Crippen LogP contribution >= 0.6 is 23.2 Å². The number of phenols is 2. The zero-order valence-electron chi connectivity index (χ0n) is 29.6. The number of nitrogens with one attached hydrogen (secondary N) is 2. The standard InChI is InChI=1S/C20H21Cl2N3O2.C20H22FN3O2/c1-25-8-6-13(7-9-25)27-19(14-10-12(21)11-15(22)18(14)26)20-23-16-4-2-3-5-17(16)24-20;1-24-11-9-13(10-12-24)26-19(14-5-4-6-15(21)18(14)25)20-22-16-7-2-3-8-17(16)23-20/h2-5,10-11,13,19,26H,6-9H2,1H3,(H,23,24);2-8,13,19,25H,9-12H2,1H3,(H,22,23). The number of aromatic amines is 2. The molecule has 4 heterocycles. The number of ether oxygens (including phenoxy) is 2. The first-order chi connectivity index (χ1) is 25.6. The number of imidazole rings is 2. The normalized spacial score (nSPS) is 17.5. The van der Waals surface area contributed by atoms with Crippen LogP contribution in [0.2, 0.25) is 10.0 Å². The van der Waals surface area contributed by atoms with Gasteiger partial charge in [0.05, 0.1) is 39.3 Å². The largest absolute Gasteiger partial charge is 0.506 e. The number of nitrogens with zero attached hydrogens (tertiary/aromatic N) is 4. The van der Waals surface area contributed by atoms with E-state index in [0.717, 1.165) is 73.9 Å². The van der Waals surface area contributed by atoms with Gasteiger partial charge in [-0.3, -0.25) is 0 Å². The van der Waals surface area contributed by atoms with E-state index in [1.54, 1.807) is 18.2 Å². The van der Waals surface area contributed by atoms with Crippen LogP contribution in [0.3, 0.4) is 0 Å². The minimum absolute atomic E-state index is 0.0283. The lowest BCUT2D eigenvalue weighted by atomic mass is 10.0. The number of rotatable bonds is 8. The monoisotopic (exact) mass is 760 g/mol. The highest BCUT2D eigenvalue weighted by Gasteiger charge is 2.30. The quantitative estimate of drug-likeness (QED) is 0.122. The Bertz CT molecular complexity index is 2100. The molecule has 2 atom stereocenters. The Morgan fingerprint density at radius 2 is 1.17 bits per heavy atom. The Hall–Kier alpha value is -4.23. The van der Waals surface area contributed by atoms with Crippen LogP contribution < -0.4 is 0 Å². The average Bonchev–Trinajstić information content (AvgIpc) is 3.79. The summed E-state index contributed by atoms with van der Waals surface area (Å²) in [5.41, 5.74) is 4.37. The molecule has 13 heteroatoms. The number of fused-ring (bicyclic) bond motifs is 2. The van der Waals surface area contributed by atoms with Crippen molar-refractivity contribution >= 4 is 45.3 Å². The fourth-order valence-corrected chi connectivity index (χ4v) is 7.43. The van der Waals surface area contributed by atoms with Crippen LogP contribution in [-0.2, 0) is 9.47 Å². The summed E-state index contributed by atoms with van der Waals surface area (Å²) in [5.74, 6) is 0.135. The lowest BCUT2D eigenvalue weighted by molar-refractivity contribution is -0.0273. The predicted octanol–water partition coefficient (Wildman–Crippen LogP) is 8.38. The third-order valence-electron chi connectivity index (χ3n) is 9.94. The van der Waals surface area contributed by atoms with Gasteiger partial charge in [0.25, 0.3) is 0 Å². The molecule has 6 aromatic rings. The lowest BCUT2D eigenvalue weighted by Gasteiger charge is -2.31. The molecule has 278 valence electrons. The summed E-state index contributed by atoms with van der Waals surface area (Å²) in [6.45, 7) is 3.85. The van der Waals surface area contributed by atoms with Crippen molar-refractivity contribution in [2.45, 2.75) is 50.1 Å². The van der Waals surface area contributed by atoms with Gasteiger partial charge in [0.2, 0.25) is 0 Å². The van der Waals surface area contributed by atoms with Gasteiger partial charge in [-0.15, -0.1) is 0 Å². The van der Waals surface area contributed by atoms with Crippen LogP contribution in [0.5, 0.6) is 11.5 Å². The van der Waals surface area contributed by atoms with Gasteiger partial charge in [0, 0.05) is 42.3 Å². The number of benzene rings is 4. The number of para-hydroxylation sites is 5. The number of H-pyrrole nitrogens is 2. The molecule has 2 unspecified atom stereocenters. The first-order valence-corrected chi connectivity index (χ1v) is 18.6. The molecular weight excluding hydrogens is 718 g/mol. The van der Waals surface area contributed by atoms with Gasteiger partial charge in [0.1, 0.15) is 29.6 Å². The van der Waals surface area contributed by atoms with E-state index < -0.39 is 18.0 Å². The van der Waals surface area contributed by atoms with Gasteiger partial charge in [-0.1, -0.05) is 59.6 Å². The van der Waals surface area contributed by atoms with Crippen molar-refractivity contribution in [2.24, 2.45) is 0 Å². The molecule has 4 aromatic carbocycles. The van der Waals surface area contributed by atoms with Gasteiger partial charge in [-0.25, -0.2) is 14.4 Å². The highest BCUT2D eigenvalue weighted by Crippen LogP contribution is 2.40. The molecule has 0 radical (unpaired) electrons. The Labute approximate surface area is 317 Å². The van der Waals surface area contributed by atoms with E-state index in [-0.39, 0.29) is 28.7 Å². The third kappa shape index (κ3) is 8.62. The highest BCUT2D eigenvalue weighted by molar-refractivity contribution is 6.35. The first-order valence-electron chi connectivity index (χ1n) is 17.9. The summed E-state index contributed by atoms with van der Waals surface area (Å²) in [5, 5.41) is 21.5. The zero-order chi connectivity index (χ0) is 37.1. The smallest absolute Gasteiger partial charge is 0.165 e. The van der Waals surface area contributed by atoms with E-state index in [2.05, 4.69) is 43.8 Å². The lowest BCUT2D eigenvalue weighted by Crippen LogP contribution is -2.35. The number of phenolic OH excluding ortho intramolecular Hbond substituents is 2. The van der Waals surface area contributed by atoms with Crippen LogP contribution in [0.15, 0.2) is 78.9 Å². The second kappa shape index (κ2) is 16.4. The Kier molecular flexibility index (Phi) is 11.5. The van der Waals surface area contributed by atoms with Crippen molar-refractivity contribution in [3.63, 3.8) is 0 Å². The van der Waals surface area contributed by atoms with E-state index in [1.807, 2.05) is 48.5 Å². The minimum Gasteiger partial charge on any atom is -0.506 e. The number of aromatic hydroxyl groups is 2. The molecular formula is C40H43Cl2FN6O4. The second-order valence-corrected chi connectivity index (χ2v) is 14.7. The topological polar surface area (TPSA) is 123 Å². The zero-order valence-corrected chi connectivity index (χ0v) is 31.1. The Morgan fingerprint density at radius 3 is 1.68 bits per heavy atom. The van der Waals surface area contributed by atoms with Crippen molar-refractivity contribution in [1.82, 2.24) is 29.7 Å². The maximum Gasteiger partial charge on any atom is 0.165 e. The fraction of sp³-hybridized carbons (Fsp3) is 0.350. The van der Waals surface area contributed by atoms with E-state index in [1.165, 1.54) is 12.1 Å². The summed E-state index contributed by atoms with van der Waals surface area (Å²) in [7, 11) is 4.20. The summed E-state index contributed by atoms with van der Waals surface area (Å²) < 4.78 is 26.7. The molecule has 2 aliphatic rings. The predicted molar refractivity (Wildman–Crippen MR) is 205 cm³/mol. The van der Waals surface area contributed by atoms with E-state index in [9.17, 15) is 14.6 Å². The van der Waals surface area contributed by atoms with E-state index in [4.69, 9.17) is 32.7 Å². The van der Waals surface area contributed by atoms with Crippen LogP contribution in [0.1, 0.15) is 60.7 Å². The van der Waals surface area contributed by atoms with Crippen molar-refractivity contribution in [3.8, 4) is 11.5 Å². The Balaban J connectivity index is 0.000000164. The highest BCUT2D eigenvalue weighted by atomic mass is 35.5. The molecule has 8 rings (SSSR count). The van der Waals surface area contributed by atoms with Gasteiger partial charge in [-0.2, -0.15) is 0 Å². The van der Waals surface area contributed by atoms with Crippen LogP contribution in [0, 0.1) is 5.82 Å². The maximum atomic E-state index is 13.9. The summed E-state index contributed by atoms with van der Waals surface area (Å²) in [4.78, 5) is 20.4. The maximum absolute atomic E-state index is 13.9. The number of halogens is 3. The minimum atomic E-state index is -0.657. The molecule has 0 amide bonds. The number of likely N-dealkylation sites (tertiary alicyclic amines) is 2. The van der Waals surface area contributed by atoms with Gasteiger partial charge in [-0.05, 0) is 82.2 Å². The van der Waals surface area contributed by atoms with Gasteiger partial charge < -0.3 is 39.5 Å². The molecule has 0 aliphatic carbocycles. The average molecular weight is 762 g/mol. The van der Waals surface area contributed by atoms with Crippen LogP contribution in [0.25, 0.3) is 22.1 Å². The molecule has 2 aromatic heterocycles. The van der Waals surface area contributed by atoms with Crippen molar-refractivity contribution in [2.75, 3.05) is 40.3 Å². The van der Waals surface area contributed by atoms with Gasteiger partial charge >= 0.3 is 0 Å². The summed E-state index contributed by atoms with van der Waals surface area (Å²) in [6.07, 6.45) is 2.49. The van der Waals surface area contributed by atoms with E-state index in [0.29, 0.717) is 27.8 Å². The molecule has 2 saturated heterocycles. The number of hydrogen-bond acceptors (Lipinski definition) is 8. The van der Waals surface area contributed by atoms with Gasteiger partial charge in [0.15, 0.2) is 11.6 Å². The molecule has 0 spiro atoms. The second-order valence-electron chi connectivity index (χ2n) is 13.8. The molecule has 0 bridgehead atoms. The van der Waals surface area contributed by atoms with E-state index >= 15 is 0 Å². The van der Waals surface area contributed by atoms with Crippen molar-refractivity contribution in [3.05, 3.63) is 118 Å². The Morgan fingerprint density at radius 1 is 0.679 bits per heavy atom. The number of hydrogen-bond donors (Lipinski definition) is 4. The molecule has 2 fully saturated rings. The molecule has 53 heavy (non-hydrogen) atoms. The van der Waals surface area contributed by atoms with Crippen LogP contribution in [-0.4, -0.2) is 92.4 Å². The molecule has 2 aliphatic heterocycles. The molecule has 10 nitrogen and oxygen atoms in total. The first kappa shape index (κ1) is 37.1. The van der Waals surface area contributed by atoms with Crippen molar-refractivity contribution in [1.29, 1.82) is 0 Å². The van der Waals surface area contributed by atoms with Crippen LogP contribution in [0.4, 0.5) is 4.39 Å². The van der Waals surface area contributed by atoms with Crippen molar-refractivity contribution < 1.29 is 24.1 Å². The number of aromatic nitrogens is 4. The summed E-state index contributed by atoms with van der Waals surface area (Å²) >= 11 is 12.4. The fourth-order valence-electron chi connectivity index (χ4n) is 6.92. The molecule has 0 saturated carbocycles. The molecule has 4 N–H and O–H groups in total.